The molecule has 0 unspecified atom stereocenters. The predicted octanol–water partition coefficient (Wildman–Crippen LogP) is 1.07. The lowest BCUT2D eigenvalue weighted by molar-refractivity contribution is -0.126. The molecule has 1 amide bonds. The Hall–Kier alpha value is -2.09. The molecule has 1 heterocycles. The number of hydrogen-bond donors (Lipinski definition) is 1. The monoisotopic (exact) mass is 232 g/mol. The highest BCUT2D eigenvalue weighted by atomic mass is 16.2. The summed E-state index contributed by atoms with van der Waals surface area (Å²) in [7, 11) is 3.39. The lowest BCUT2D eigenvalue weighted by Crippen LogP contribution is -2.28. The number of aromatic nitrogens is 1. The van der Waals surface area contributed by atoms with Gasteiger partial charge >= 0.3 is 0 Å². The first-order valence-electron chi connectivity index (χ1n) is 5.28. The van der Waals surface area contributed by atoms with Gasteiger partial charge in [0.1, 0.15) is 6.07 Å². The average Bonchev–Trinajstić information content (AvgIpc) is 2.24. The van der Waals surface area contributed by atoms with Gasteiger partial charge in [0.2, 0.25) is 5.91 Å². The van der Waals surface area contributed by atoms with Crippen LogP contribution in [0.4, 0.5) is 5.69 Å². The minimum absolute atomic E-state index is 0.0407. The first-order chi connectivity index (χ1) is 7.95. The summed E-state index contributed by atoms with van der Waals surface area (Å²) in [6.45, 7) is 3.81. The molecule has 1 N–H and O–H groups in total. The summed E-state index contributed by atoms with van der Waals surface area (Å²) in [5, 5.41) is 12.0. The largest absolute Gasteiger partial charge is 0.375 e. The number of rotatable bonds is 3. The summed E-state index contributed by atoms with van der Waals surface area (Å²) in [5.74, 6) is -0.0407. The molecule has 0 bridgehead atoms. The standard InChI is InChI=1S/C12H16N4O/c1-8-5-11(10(6-13)9(2)15-8)14-7-12(17)16(3)4/h5H,7H2,1-4H3,(H,14,15). The van der Waals surface area contributed by atoms with E-state index in [1.165, 1.54) is 4.90 Å². The third-order valence-corrected chi connectivity index (χ3v) is 2.37. The Morgan fingerprint density at radius 3 is 2.71 bits per heavy atom. The van der Waals surface area contributed by atoms with Gasteiger partial charge in [-0.25, -0.2) is 0 Å². The zero-order chi connectivity index (χ0) is 13.0. The van der Waals surface area contributed by atoms with Crippen molar-refractivity contribution in [2.75, 3.05) is 26.0 Å². The topological polar surface area (TPSA) is 69.0 Å². The van der Waals surface area contributed by atoms with E-state index in [0.29, 0.717) is 16.9 Å². The van der Waals surface area contributed by atoms with Crippen LogP contribution in [-0.4, -0.2) is 36.4 Å². The van der Waals surface area contributed by atoms with Crippen LogP contribution in [0.1, 0.15) is 17.0 Å². The van der Waals surface area contributed by atoms with Crippen LogP contribution < -0.4 is 5.32 Å². The van der Waals surface area contributed by atoms with Gasteiger partial charge in [-0.15, -0.1) is 0 Å². The molecule has 0 spiro atoms. The number of likely N-dealkylation sites (N-methyl/N-ethyl adjacent to an activating group) is 1. The van der Waals surface area contributed by atoms with Gasteiger partial charge in [0.15, 0.2) is 0 Å². The maximum absolute atomic E-state index is 11.5. The lowest BCUT2D eigenvalue weighted by atomic mass is 10.1. The van der Waals surface area contributed by atoms with Gasteiger partial charge in [0.05, 0.1) is 23.5 Å². The molecule has 0 saturated carbocycles. The molecule has 1 aromatic rings. The average molecular weight is 232 g/mol. The van der Waals surface area contributed by atoms with Crippen molar-refractivity contribution in [1.29, 1.82) is 5.26 Å². The molecule has 90 valence electrons. The van der Waals surface area contributed by atoms with Gasteiger partial charge in [-0.1, -0.05) is 0 Å². The highest BCUT2D eigenvalue weighted by molar-refractivity contribution is 5.81. The van der Waals surface area contributed by atoms with E-state index >= 15 is 0 Å². The van der Waals surface area contributed by atoms with Crippen LogP contribution in [0.3, 0.4) is 0 Å². The molecule has 0 aliphatic rings. The fourth-order valence-electron chi connectivity index (χ4n) is 1.44. The highest BCUT2D eigenvalue weighted by Gasteiger charge is 2.10. The molecule has 0 aliphatic heterocycles. The van der Waals surface area contributed by atoms with Gasteiger partial charge in [-0.2, -0.15) is 5.26 Å². The molecule has 0 saturated heterocycles. The summed E-state index contributed by atoms with van der Waals surface area (Å²) in [5.41, 5.74) is 2.64. The molecule has 0 atom stereocenters. The quantitative estimate of drug-likeness (QED) is 0.846. The van der Waals surface area contributed by atoms with E-state index in [1.54, 1.807) is 27.1 Å². The summed E-state index contributed by atoms with van der Waals surface area (Å²) in [6.07, 6.45) is 0. The fraction of sp³-hybridized carbons (Fsp3) is 0.417. The van der Waals surface area contributed by atoms with Gasteiger partial charge in [0, 0.05) is 19.8 Å². The van der Waals surface area contributed by atoms with Gasteiger partial charge in [-0.3, -0.25) is 9.78 Å². The van der Waals surface area contributed by atoms with Crippen molar-refractivity contribution >= 4 is 11.6 Å². The minimum Gasteiger partial charge on any atom is -0.375 e. The van der Waals surface area contributed by atoms with Gasteiger partial charge in [0.25, 0.3) is 0 Å². The second kappa shape index (κ2) is 5.30. The summed E-state index contributed by atoms with van der Waals surface area (Å²) in [4.78, 5) is 17.2. The SMILES string of the molecule is Cc1cc(NCC(=O)N(C)C)c(C#N)c(C)n1. The zero-order valence-corrected chi connectivity index (χ0v) is 10.5. The molecule has 1 aromatic heterocycles. The van der Waals surface area contributed by atoms with Crippen molar-refractivity contribution in [3.8, 4) is 6.07 Å². The third-order valence-electron chi connectivity index (χ3n) is 2.37. The van der Waals surface area contributed by atoms with Gasteiger partial charge < -0.3 is 10.2 Å². The van der Waals surface area contributed by atoms with Crippen molar-refractivity contribution in [1.82, 2.24) is 9.88 Å². The number of aryl methyl sites for hydroxylation is 2. The number of nitrogens with one attached hydrogen (secondary N) is 1. The smallest absolute Gasteiger partial charge is 0.241 e. The van der Waals surface area contributed by atoms with Crippen molar-refractivity contribution in [3.05, 3.63) is 23.0 Å². The van der Waals surface area contributed by atoms with Crippen LogP contribution in [0.2, 0.25) is 0 Å². The van der Waals surface area contributed by atoms with Crippen LogP contribution in [-0.2, 0) is 4.79 Å². The number of amides is 1. The first kappa shape index (κ1) is 13.0. The molecule has 5 heteroatoms. The summed E-state index contributed by atoms with van der Waals surface area (Å²) >= 11 is 0. The van der Waals surface area contributed by atoms with E-state index in [-0.39, 0.29) is 12.5 Å². The molecule has 5 nitrogen and oxygen atoms in total. The van der Waals surface area contributed by atoms with Crippen molar-refractivity contribution in [3.63, 3.8) is 0 Å². The predicted molar refractivity (Wildman–Crippen MR) is 65.6 cm³/mol. The zero-order valence-electron chi connectivity index (χ0n) is 10.5. The molecular formula is C12H16N4O. The number of pyridine rings is 1. The first-order valence-corrected chi connectivity index (χ1v) is 5.28. The maximum atomic E-state index is 11.5. The number of carbonyl (C=O) groups is 1. The van der Waals surface area contributed by atoms with Crippen molar-refractivity contribution in [2.45, 2.75) is 13.8 Å². The van der Waals surface area contributed by atoms with Crippen molar-refractivity contribution < 1.29 is 4.79 Å². The Labute approximate surface area is 101 Å². The van der Waals surface area contributed by atoms with Crippen LogP contribution in [0.15, 0.2) is 6.07 Å². The normalized spacial score (nSPS) is 9.59. The van der Waals surface area contributed by atoms with E-state index in [9.17, 15) is 4.79 Å². The second-order valence-corrected chi connectivity index (χ2v) is 4.03. The molecular weight excluding hydrogens is 216 g/mol. The minimum atomic E-state index is -0.0407. The Balaban J connectivity index is 2.91. The molecule has 0 aromatic carbocycles. The maximum Gasteiger partial charge on any atom is 0.241 e. The Morgan fingerprint density at radius 2 is 2.18 bits per heavy atom. The van der Waals surface area contributed by atoms with E-state index in [4.69, 9.17) is 5.26 Å². The Morgan fingerprint density at radius 1 is 1.53 bits per heavy atom. The highest BCUT2D eigenvalue weighted by Crippen LogP contribution is 2.18. The number of hydrogen-bond acceptors (Lipinski definition) is 4. The van der Waals surface area contributed by atoms with Crippen LogP contribution >= 0.6 is 0 Å². The lowest BCUT2D eigenvalue weighted by Gasteiger charge is -2.13. The van der Waals surface area contributed by atoms with Crippen LogP contribution in [0, 0.1) is 25.2 Å². The van der Waals surface area contributed by atoms with Gasteiger partial charge in [-0.05, 0) is 19.9 Å². The summed E-state index contributed by atoms with van der Waals surface area (Å²) in [6, 6.07) is 3.87. The molecule has 0 aliphatic carbocycles. The number of nitrogens with zero attached hydrogens (tertiary/aromatic N) is 3. The molecule has 0 radical (unpaired) electrons. The number of carbonyl (C=O) groups excluding carboxylic acids is 1. The molecule has 1 rings (SSSR count). The van der Waals surface area contributed by atoms with Crippen LogP contribution in [0.5, 0.6) is 0 Å². The molecule has 0 fully saturated rings. The van der Waals surface area contributed by atoms with E-state index in [1.807, 2.05) is 6.92 Å². The van der Waals surface area contributed by atoms with Crippen molar-refractivity contribution in [2.24, 2.45) is 0 Å². The number of nitriles is 1. The number of anilines is 1. The van der Waals surface area contributed by atoms with E-state index in [2.05, 4.69) is 16.4 Å². The van der Waals surface area contributed by atoms with Crippen LogP contribution in [0.25, 0.3) is 0 Å². The van der Waals surface area contributed by atoms with E-state index in [0.717, 1.165) is 5.69 Å². The third kappa shape index (κ3) is 3.18. The summed E-state index contributed by atoms with van der Waals surface area (Å²) < 4.78 is 0. The Kier molecular flexibility index (Phi) is 4.05. The second-order valence-electron chi connectivity index (χ2n) is 4.03. The molecule has 17 heavy (non-hydrogen) atoms. The fourth-order valence-corrected chi connectivity index (χ4v) is 1.44. The Bertz CT molecular complexity index is 474. The van der Waals surface area contributed by atoms with E-state index < -0.39 is 0 Å².